The van der Waals surface area contributed by atoms with Crippen molar-refractivity contribution in [1.82, 2.24) is 9.55 Å². The Kier molecular flexibility index (Phi) is 4.72. The molecule has 2 rings (SSSR count). The van der Waals surface area contributed by atoms with Gasteiger partial charge in [0.15, 0.2) is 0 Å². The lowest BCUT2D eigenvalue weighted by Crippen LogP contribution is -2.29. The number of fused-ring (bicyclic) bond motifs is 1. The molecule has 0 amide bonds. The SMILES string of the molecule is COC(C)(C)Cn1c(CCCl)nc2cc(F)c(Br)cc21. The molecular weight excluding hydrogens is 347 g/mol. The molecule has 0 saturated carbocycles. The molecule has 0 radical (unpaired) electrons. The van der Waals surface area contributed by atoms with Crippen LogP contribution in [0.15, 0.2) is 16.6 Å². The molecule has 0 bridgehead atoms. The standard InChI is InChI=1S/C14H17BrClFN2O/c1-14(2,20-3)8-19-12-6-9(15)10(17)7-11(12)18-13(19)4-5-16/h6-7H,4-5,8H2,1-3H3. The third kappa shape index (κ3) is 3.15. The molecule has 0 saturated heterocycles. The van der Waals surface area contributed by atoms with Crippen molar-refractivity contribution < 1.29 is 9.13 Å². The van der Waals surface area contributed by atoms with Crippen LogP contribution >= 0.6 is 27.5 Å². The molecule has 1 aromatic heterocycles. The molecule has 110 valence electrons. The summed E-state index contributed by atoms with van der Waals surface area (Å²) in [6.45, 7) is 4.63. The highest BCUT2D eigenvalue weighted by Gasteiger charge is 2.22. The molecule has 20 heavy (non-hydrogen) atoms. The van der Waals surface area contributed by atoms with E-state index in [-0.39, 0.29) is 11.4 Å². The number of aryl methyl sites for hydroxylation is 1. The second kappa shape index (κ2) is 6.00. The Hall–Kier alpha value is -0.650. The Balaban J connectivity index is 2.58. The van der Waals surface area contributed by atoms with E-state index in [4.69, 9.17) is 16.3 Å². The number of benzene rings is 1. The first kappa shape index (κ1) is 15.7. The number of imidazole rings is 1. The third-order valence-electron chi connectivity index (χ3n) is 3.28. The second-order valence-corrected chi connectivity index (χ2v) is 6.50. The zero-order chi connectivity index (χ0) is 14.9. The third-order valence-corrected chi connectivity index (χ3v) is 4.08. The number of hydrogen-bond acceptors (Lipinski definition) is 2. The molecule has 0 spiro atoms. The van der Waals surface area contributed by atoms with Gasteiger partial charge >= 0.3 is 0 Å². The monoisotopic (exact) mass is 362 g/mol. The van der Waals surface area contributed by atoms with Crippen LogP contribution in [0.1, 0.15) is 19.7 Å². The van der Waals surface area contributed by atoms with Crippen molar-refractivity contribution in [2.45, 2.75) is 32.4 Å². The van der Waals surface area contributed by atoms with Gasteiger partial charge in [-0.2, -0.15) is 0 Å². The Labute approximate surface area is 131 Å². The minimum Gasteiger partial charge on any atom is -0.377 e. The normalized spacial score (nSPS) is 12.3. The Morgan fingerprint density at radius 2 is 2.15 bits per heavy atom. The maximum atomic E-state index is 13.6. The van der Waals surface area contributed by atoms with Gasteiger partial charge in [-0.05, 0) is 35.8 Å². The van der Waals surface area contributed by atoms with E-state index < -0.39 is 0 Å². The van der Waals surface area contributed by atoms with Crippen LogP contribution in [0.5, 0.6) is 0 Å². The summed E-state index contributed by atoms with van der Waals surface area (Å²) in [5.74, 6) is 1.00. The minimum absolute atomic E-state index is 0.314. The minimum atomic E-state index is -0.338. The summed E-state index contributed by atoms with van der Waals surface area (Å²) in [5.41, 5.74) is 1.18. The van der Waals surface area contributed by atoms with Crippen LogP contribution in [-0.2, 0) is 17.7 Å². The molecule has 3 nitrogen and oxygen atoms in total. The first-order valence-electron chi connectivity index (χ1n) is 6.33. The maximum absolute atomic E-state index is 13.6. The topological polar surface area (TPSA) is 27.1 Å². The van der Waals surface area contributed by atoms with E-state index in [2.05, 4.69) is 20.9 Å². The Morgan fingerprint density at radius 1 is 1.45 bits per heavy atom. The summed E-state index contributed by atoms with van der Waals surface area (Å²) in [6.07, 6.45) is 0.634. The van der Waals surface area contributed by atoms with Crippen molar-refractivity contribution in [3.05, 3.63) is 28.2 Å². The fourth-order valence-corrected chi connectivity index (χ4v) is 2.57. The highest BCUT2D eigenvalue weighted by molar-refractivity contribution is 9.10. The van der Waals surface area contributed by atoms with Gasteiger partial charge in [0.2, 0.25) is 0 Å². The quantitative estimate of drug-likeness (QED) is 0.746. The summed E-state index contributed by atoms with van der Waals surface area (Å²) in [7, 11) is 1.68. The molecule has 0 unspecified atom stereocenters. The molecule has 0 fully saturated rings. The molecule has 1 heterocycles. The average Bonchev–Trinajstić information content (AvgIpc) is 2.68. The highest BCUT2D eigenvalue weighted by Crippen LogP contribution is 2.26. The highest BCUT2D eigenvalue weighted by atomic mass is 79.9. The van der Waals surface area contributed by atoms with Crippen molar-refractivity contribution in [2.24, 2.45) is 0 Å². The fraction of sp³-hybridized carbons (Fsp3) is 0.500. The first-order chi connectivity index (χ1) is 9.38. The van der Waals surface area contributed by atoms with Crippen molar-refractivity contribution in [3.63, 3.8) is 0 Å². The van der Waals surface area contributed by atoms with E-state index in [0.29, 0.717) is 28.8 Å². The second-order valence-electron chi connectivity index (χ2n) is 5.27. The van der Waals surface area contributed by atoms with Gasteiger partial charge in [0.05, 0.1) is 27.7 Å². The first-order valence-corrected chi connectivity index (χ1v) is 7.66. The number of aromatic nitrogens is 2. The van der Waals surface area contributed by atoms with Gasteiger partial charge in [-0.25, -0.2) is 9.37 Å². The van der Waals surface area contributed by atoms with Gasteiger partial charge in [0.1, 0.15) is 11.6 Å². The summed E-state index contributed by atoms with van der Waals surface area (Å²) in [6, 6.07) is 3.19. The van der Waals surface area contributed by atoms with Crippen molar-refractivity contribution in [1.29, 1.82) is 0 Å². The van der Waals surface area contributed by atoms with Gasteiger partial charge in [0, 0.05) is 25.5 Å². The zero-order valence-electron chi connectivity index (χ0n) is 11.7. The van der Waals surface area contributed by atoms with Crippen LogP contribution < -0.4 is 0 Å². The predicted octanol–water partition coefficient (Wildman–Crippen LogP) is 4.14. The van der Waals surface area contributed by atoms with E-state index in [9.17, 15) is 4.39 Å². The maximum Gasteiger partial charge on any atom is 0.139 e. The molecule has 0 aliphatic carbocycles. The van der Waals surface area contributed by atoms with Crippen molar-refractivity contribution >= 4 is 38.6 Å². The molecule has 0 aliphatic rings. The van der Waals surface area contributed by atoms with Gasteiger partial charge in [-0.1, -0.05) is 0 Å². The molecule has 0 N–H and O–H groups in total. The summed E-state index contributed by atoms with van der Waals surface area (Å²) >= 11 is 9.06. The van der Waals surface area contributed by atoms with Crippen LogP contribution in [0.25, 0.3) is 11.0 Å². The number of halogens is 3. The lowest BCUT2D eigenvalue weighted by molar-refractivity contribution is 0.00846. The molecule has 0 atom stereocenters. The summed E-state index contributed by atoms with van der Waals surface area (Å²) in [4.78, 5) is 4.48. The largest absolute Gasteiger partial charge is 0.377 e. The molecule has 6 heteroatoms. The number of methoxy groups -OCH3 is 1. The Morgan fingerprint density at radius 3 is 2.75 bits per heavy atom. The molecule has 1 aromatic carbocycles. The molecule has 2 aromatic rings. The smallest absolute Gasteiger partial charge is 0.139 e. The van der Waals surface area contributed by atoms with Crippen LogP contribution in [0.3, 0.4) is 0 Å². The number of hydrogen-bond donors (Lipinski definition) is 0. The van der Waals surface area contributed by atoms with Crippen molar-refractivity contribution in [2.75, 3.05) is 13.0 Å². The number of alkyl halides is 1. The van der Waals surface area contributed by atoms with Gasteiger partial charge in [-0.15, -0.1) is 11.6 Å². The van der Waals surface area contributed by atoms with Gasteiger partial charge in [-0.3, -0.25) is 0 Å². The van der Waals surface area contributed by atoms with E-state index in [1.165, 1.54) is 6.07 Å². The zero-order valence-corrected chi connectivity index (χ0v) is 14.1. The van der Waals surface area contributed by atoms with E-state index in [1.54, 1.807) is 13.2 Å². The number of nitrogens with zero attached hydrogens (tertiary/aromatic N) is 2. The van der Waals surface area contributed by atoms with E-state index >= 15 is 0 Å². The van der Waals surface area contributed by atoms with E-state index in [1.807, 2.05) is 18.4 Å². The van der Waals surface area contributed by atoms with Crippen LogP contribution in [0, 0.1) is 5.82 Å². The summed E-state index contributed by atoms with van der Waals surface area (Å²) < 4.78 is 21.6. The van der Waals surface area contributed by atoms with E-state index in [0.717, 1.165) is 11.3 Å². The Bertz CT molecular complexity index is 627. The van der Waals surface area contributed by atoms with Gasteiger partial charge < -0.3 is 9.30 Å². The fourth-order valence-electron chi connectivity index (χ4n) is 2.07. The lowest BCUT2D eigenvalue weighted by Gasteiger charge is -2.25. The van der Waals surface area contributed by atoms with Crippen LogP contribution in [-0.4, -0.2) is 28.1 Å². The lowest BCUT2D eigenvalue weighted by atomic mass is 10.1. The van der Waals surface area contributed by atoms with Crippen molar-refractivity contribution in [3.8, 4) is 0 Å². The predicted molar refractivity (Wildman–Crippen MR) is 82.9 cm³/mol. The number of ether oxygens (including phenoxy) is 1. The van der Waals surface area contributed by atoms with Crippen LogP contribution in [0.2, 0.25) is 0 Å². The molecular formula is C14H17BrClFN2O. The average molecular weight is 364 g/mol. The summed E-state index contributed by atoms with van der Waals surface area (Å²) in [5, 5.41) is 0. The van der Waals surface area contributed by atoms with Crippen LogP contribution in [0.4, 0.5) is 4.39 Å². The van der Waals surface area contributed by atoms with Gasteiger partial charge in [0.25, 0.3) is 0 Å². The molecule has 0 aliphatic heterocycles. The number of rotatable bonds is 5.